The van der Waals surface area contributed by atoms with Gasteiger partial charge in [-0.1, -0.05) is 0 Å². The number of anilines is 2. The standard InChI is InChI=1S/C21H28N4O3/c1-6-25(7-2)19-13-8-16(14-22-19)20(26)28-18-11-9-17(10-12-18)24(5)21(27)23-15(3)4/h8-15H,6-7H2,1-5H3,(H,23,27). The Morgan fingerprint density at radius 3 is 2.21 bits per heavy atom. The number of nitrogens with one attached hydrogen (secondary N) is 1. The minimum atomic E-state index is -0.475. The van der Waals surface area contributed by atoms with Gasteiger partial charge in [0.25, 0.3) is 0 Å². The quantitative estimate of drug-likeness (QED) is 0.582. The van der Waals surface area contributed by atoms with Gasteiger partial charge >= 0.3 is 12.0 Å². The number of esters is 1. The molecule has 1 aromatic carbocycles. The largest absolute Gasteiger partial charge is 0.423 e. The third-order valence-corrected chi connectivity index (χ3v) is 4.22. The fourth-order valence-corrected chi connectivity index (χ4v) is 2.61. The molecule has 1 N–H and O–H groups in total. The molecule has 28 heavy (non-hydrogen) atoms. The van der Waals surface area contributed by atoms with Crippen molar-refractivity contribution in [3.63, 3.8) is 0 Å². The maximum atomic E-state index is 12.3. The van der Waals surface area contributed by atoms with Gasteiger partial charge in [-0.2, -0.15) is 0 Å². The van der Waals surface area contributed by atoms with Crippen LogP contribution in [0.3, 0.4) is 0 Å². The van der Waals surface area contributed by atoms with Crippen LogP contribution in [0, 0.1) is 0 Å². The average molecular weight is 384 g/mol. The summed E-state index contributed by atoms with van der Waals surface area (Å²) >= 11 is 0. The molecule has 0 unspecified atom stereocenters. The first-order valence-electron chi connectivity index (χ1n) is 9.43. The number of carbonyl (C=O) groups excluding carboxylic acids is 2. The fraction of sp³-hybridized carbons (Fsp3) is 0.381. The molecule has 1 aromatic heterocycles. The lowest BCUT2D eigenvalue weighted by molar-refractivity contribution is 0.0734. The van der Waals surface area contributed by atoms with E-state index in [1.807, 2.05) is 19.9 Å². The van der Waals surface area contributed by atoms with Crippen LogP contribution in [-0.4, -0.2) is 43.2 Å². The molecule has 0 spiro atoms. The van der Waals surface area contributed by atoms with Gasteiger partial charge in [-0.25, -0.2) is 14.6 Å². The molecule has 0 aliphatic rings. The van der Waals surface area contributed by atoms with E-state index in [1.165, 1.54) is 11.1 Å². The number of ether oxygens (including phenoxy) is 1. The van der Waals surface area contributed by atoms with Crippen LogP contribution in [0.2, 0.25) is 0 Å². The lowest BCUT2D eigenvalue weighted by Crippen LogP contribution is -2.40. The van der Waals surface area contributed by atoms with Gasteiger partial charge in [0.05, 0.1) is 5.56 Å². The molecule has 0 fully saturated rings. The van der Waals surface area contributed by atoms with Crippen molar-refractivity contribution in [3.8, 4) is 5.75 Å². The van der Waals surface area contributed by atoms with Crippen molar-refractivity contribution in [1.29, 1.82) is 0 Å². The molecular weight excluding hydrogens is 356 g/mol. The van der Waals surface area contributed by atoms with Crippen LogP contribution < -0.4 is 19.9 Å². The summed E-state index contributed by atoms with van der Waals surface area (Å²) in [6, 6.07) is 10.1. The lowest BCUT2D eigenvalue weighted by atomic mass is 10.2. The van der Waals surface area contributed by atoms with Crippen molar-refractivity contribution in [2.45, 2.75) is 33.7 Å². The van der Waals surface area contributed by atoms with Gasteiger partial charge < -0.3 is 15.0 Å². The van der Waals surface area contributed by atoms with E-state index in [-0.39, 0.29) is 12.1 Å². The highest BCUT2D eigenvalue weighted by atomic mass is 16.5. The van der Waals surface area contributed by atoms with E-state index in [0.717, 1.165) is 18.9 Å². The van der Waals surface area contributed by atoms with Gasteiger partial charge in [0.2, 0.25) is 0 Å². The van der Waals surface area contributed by atoms with Crippen molar-refractivity contribution in [1.82, 2.24) is 10.3 Å². The van der Waals surface area contributed by atoms with Crippen molar-refractivity contribution < 1.29 is 14.3 Å². The summed E-state index contributed by atoms with van der Waals surface area (Å²) in [4.78, 5) is 32.3. The van der Waals surface area contributed by atoms with Crippen molar-refractivity contribution >= 4 is 23.5 Å². The number of urea groups is 1. The van der Waals surface area contributed by atoms with Crippen molar-refractivity contribution in [2.75, 3.05) is 29.9 Å². The maximum absolute atomic E-state index is 12.3. The van der Waals surface area contributed by atoms with Crippen molar-refractivity contribution in [3.05, 3.63) is 48.2 Å². The third kappa shape index (κ3) is 5.45. The normalized spacial score (nSPS) is 10.5. The zero-order valence-electron chi connectivity index (χ0n) is 17.1. The molecule has 0 aliphatic carbocycles. The second kappa shape index (κ2) is 9.73. The number of aromatic nitrogens is 1. The molecule has 0 aliphatic heterocycles. The van der Waals surface area contributed by atoms with E-state index in [9.17, 15) is 9.59 Å². The molecule has 1 heterocycles. The highest BCUT2D eigenvalue weighted by Gasteiger charge is 2.13. The van der Waals surface area contributed by atoms with E-state index in [1.54, 1.807) is 37.4 Å². The van der Waals surface area contributed by atoms with Crippen molar-refractivity contribution in [2.24, 2.45) is 0 Å². The number of carbonyl (C=O) groups is 2. The second-order valence-electron chi connectivity index (χ2n) is 6.62. The SMILES string of the molecule is CCN(CC)c1ccc(C(=O)Oc2ccc(N(C)C(=O)NC(C)C)cc2)cn1. The monoisotopic (exact) mass is 384 g/mol. The number of hydrogen-bond acceptors (Lipinski definition) is 5. The summed E-state index contributed by atoms with van der Waals surface area (Å²) in [5, 5.41) is 2.82. The molecule has 2 rings (SSSR count). The Morgan fingerprint density at radius 2 is 1.71 bits per heavy atom. The molecule has 0 bridgehead atoms. The molecule has 0 atom stereocenters. The minimum absolute atomic E-state index is 0.0527. The lowest BCUT2D eigenvalue weighted by Gasteiger charge is -2.20. The topological polar surface area (TPSA) is 74.8 Å². The number of rotatable bonds is 7. The summed E-state index contributed by atoms with van der Waals surface area (Å²) in [6.07, 6.45) is 1.52. The first-order valence-corrected chi connectivity index (χ1v) is 9.43. The van der Waals surface area contributed by atoms with Gasteiger partial charge in [0.1, 0.15) is 11.6 Å². The first-order chi connectivity index (χ1) is 13.3. The molecule has 7 heteroatoms. The van der Waals surface area contributed by atoms with Crippen LogP contribution in [0.5, 0.6) is 5.75 Å². The number of nitrogens with zero attached hydrogens (tertiary/aromatic N) is 3. The number of benzene rings is 1. The Bertz CT molecular complexity index is 784. The fourth-order valence-electron chi connectivity index (χ4n) is 2.61. The summed E-state index contributed by atoms with van der Waals surface area (Å²) in [7, 11) is 1.68. The van der Waals surface area contributed by atoms with E-state index in [4.69, 9.17) is 4.74 Å². The third-order valence-electron chi connectivity index (χ3n) is 4.22. The van der Waals surface area contributed by atoms with Crippen LogP contribution >= 0.6 is 0 Å². The number of pyridine rings is 1. The van der Waals surface area contributed by atoms with Crippen LogP contribution in [0.1, 0.15) is 38.1 Å². The van der Waals surface area contributed by atoms with E-state index in [2.05, 4.69) is 29.0 Å². The van der Waals surface area contributed by atoms with E-state index >= 15 is 0 Å². The Morgan fingerprint density at radius 1 is 1.07 bits per heavy atom. The Labute approximate surface area is 166 Å². The number of hydrogen-bond donors (Lipinski definition) is 1. The van der Waals surface area contributed by atoms with E-state index in [0.29, 0.717) is 17.0 Å². The zero-order valence-corrected chi connectivity index (χ0v) is 17.1. The van der Waals surface area contributed by atoms with E-state index < -0.39 is 5.97 Å². The minimum Gasteiger partial charge on any atom is -0.423 e. The molecule has 0 saturated heterocycles. The molecular formula is C21H28N4O3. The van der Waals surface area contributed by atoms with Gasteiger partial charge in [0, 0.05) is 38.1 Å². The molecule has 0 radical (unpaired) electrons. The smallest absolute Gasteiger partial charge is 0.345 e. The molecule has 2 amide bonds. The van der Waals surface area contributed by atoms with Crippen LogP contribution in [0.15, 0.2) is 42.6 Å². The Hall–Kier alpha value is -3.09. The summed E-state index contributed by atoms with van der Waals surface area (Å²) < 4.78 is 5.40. The van der Waals surface area contributed by atoms with Crippen LogP contribution in [0.4, 0.5) is 16.3 Å². The number of amides is 2. The molecule has 2 aromatic rings. The predicted molar refractivity (Wildman–Crippen MR) is 111 cm³/mol. The Kier molecular flexibility index (Phi) is 7.37. The zero-order chi connectivity index (χ0) is 20.7. The maximum Gasteiger partial charge on any atom is 0.345 e. The van der Waals surface area contributed by atoms with Gasteiger partial charge in [-0.15, -0.1) is 0 Å². The summed E-state index contributed by atoms with van der Waals surface area (Å²) in [6.45, 7) is 9.61. The Balaban J connectivity index is 2.01. The van der Waals surface area contributed by atoms with Crippen LogP contribution in [0.25, 0.3) is 0 Å². The van der Waals surface area contributed by atoms with Crippen LogP contribution in [-0.2, 0) is 0 Å². The van der Waals surface area contributed by atoms with Gasteiger partial charge in [-0.05, 0) is 64.1 Å². The average Bonchev–Trinajstić information content (AvgIpc) is 2.69. The summed E-state index contributed by atoms with van der Waals surface area (Å²) in [5.74, 6) is 0.755. The highest BCUT2D eigenvalue weighted by Crippen LogP contribution is 2.20. The predicted octanol–water partition coefficient (Wildman–Crippen LogP) is 3.70. The van der Waals surface area contributed by atoms with Gasteiger partial charge in [-0.3, -0.25) is 4.90 Å². The molecule has 7 nitrogen and oxygen atoms in total. The first kappa shape index (κ1) is 21.2. The van der Waals surface area contributed by atoms with Gasteiger partial charge in [0.15, 0.2) is 0 Å². The molecule has 150 valence electrons. The summed E-state index contributed by atoms with van der Waals surface area (Å²) in [5.41, 5.74) is 1.08. The highest BCUT2D eigenvalue weighted by molar-refractivity contribution is 5.92. The molecule has 0 saturated carbocycles. The second-order valence-corrected chi connectivity index (χ2v) is 6.62.